The maximum Gasteiger partial charge on any atom is 0.280 e. The highest BCUT2D eigenvalue weighted by atomic mass is 32.2. The van der Waals surface area contributed by atoms with E-state index < -0.39 is 10.2 Å². The van der Waals surface area contributed by atoms with Gasteiger partial charge in [0.05, 0.1) is 13.2 Å². The van der Waals surface area contributed by atoms with Crippen LogP contribution >= 0.6 is 0 Å². The van der Waals surface area contributed by atoms with Gasteiger partial charge in [0, 0.05) is 13.1 Å². The number of methoxy groups -OCH3 is 1. The fraction of sp³-hybridized carbons (Fsp3) is 0.333. The Morgan fingerprint density at radius 2 is 1.96 bits per heavy atom. The molecular formula is C18H22N2O3S. The predicted molar refractivity (Wildman–Crippen MR) is 94.3 cm³/mol. The lowest BCUT2D eigenvalue weighted by Crippen LogP contribution is -2.46. The lowest BCUT2D eigenvalue weighted by Gasteiger charge is -2.36. The van der Waals surface area contributed by atoms with E-state index in [0.717, 1.165) is 22.4 Å². The van der Waals surface area contributed by atoms with Gasteiger partial charge in [0.1, 0.15) is 5.75 Å². The molecule has 1 aliphatic heterocycles. The molecule has 0 aromatic heterocycles. The highest BCUT2D eigenvalue weighted by Crippen LogP contribution is 2.38. The Morgan fingerprint density at radius 1 is 1.21 bits per heavy atom. The minimum Gasteiger partial charge on any atom is -0.497 e. The van der Waals surface area contributed by atoms with E-state index >= 15 is 0 Å². The minimum atomic E-state index is -3.55. The quantitative estimate of drug-likeness (QED) is 0.905. The highest BCUT2D eigenvalue weighted by Gasteiger charge is 2.36. The molecule has 24 heavy (non-hydrogen) atoms. The smallest absolute Gasteiger partial charge is 0.280 e. The van der Waals surface area contributed by atoms with Gasteiger partial charge in [0.15, 0.2) is 0 Å². The zero-order valence-corrected chi connectivity index (χ0v) is 14.7. The van der Waals surface area contributed by atoms with Gasteiger partial charge in [-0.3, -0.25) is 0 Å². The summed E-state index contributed by atoms with van der Waals surface area (Å²) in [7, 11) is -1.93. The third-order valence-corrected chi connectivity index (χ3v) is 5.95. The molecule has 0 aliphatic carbocycles. The number of ether oxygens (including phenoxy) is 1. The van der Waals surface area contributed by atoms with Gasteiger partial charge in [0.2, 0.25) is 0 Å². The van der Waals surface area contributed by atoms with E-state index in [1.54, 1.807) is 18.3 Å². The van der Waals surface area contributed by atoms with Crippen LogP contribution < -0.4 is 9.46 Å². The van der Waals surface area contributed by atoms with E-state index in [1.165, 1.54) is 0 Å². The van der Waals surface area contributed by atoms with Crippen molar-refractivity contribution in [2.24, 2.45) is 0 Å². The molecule has 2 aromatic carbocycles. The van der Waals surface area contributed by atoms with E-state index in [4.69, 9.17) is 4.74 Å². The van der Waals surface area contributed by atoms with Gasteiger partial charge in [0.25, 0.3) is 10.2 Å². The SMILES string of the molecule is CCNS(=O)(=O)N1CCc2ccc(OC)cc2C1c1ccccc1. The van der Waals surface area contributed by atoms with Crippen molar-refractivity contribution in [1.82, 2.24) is 9.03 Å². The summed E-state index contributed by atoms with van der Waals surface area (Å²) in [5, 5.41) is 0. The third-order valence-electron chi connectivity index (χ3n) is 4.29. The van der Waals surface area contributed by atoms with Crippen LogP contribution in [0, 0.1) is 0 Å². The number of nitrogens with one attached hydrogen (secondary N) is 1. The summed E-state index contributed by atoms with van der Waals surface area (Å²) in [4.78, 5) is 0. The topological polar surface area (TPSA) is 58.6 Å². The first-order valence-electron chi connectivity index (χ1n) is 8.05. The zero-order valence-electron chi connectivity index (χ0n) is 13.9. The molecule has 2 aromatic rings. The van der Waals surface area contributed by atoms with Crippen molar-refractivity contribution < 1.29 is 13.2 Å². The highest BCUT2D eigenvalue weighted by molar-refractivity contribution is 7.87. The van der Waals surface area contributed by atoms with Gasteiger partial charge in [-0.25, -0.2) is 4.72 Å². The minimum absolute atomic E-state index is 0.353. The standard InChI is InChI=1S/C18H22N2O3S/c1-3-19-24(21,22)20-12-11-14-9-10-16(23-2)13-17(14)18(20)15-7-5-4-6-8-15/h4-10,13,18-19H,3,11-12H2,1-2H3. The van der Waals surface area contributed by atoms with Gasteiger partial charge in [-0.2, -0.15) is 12.7 Å². The molecule has 0 spiro atoms. The molecular weight excluding hydrogens is 324 g/mol. The molecule has 5 nitrogen and oxygen atoms in total. The van der Waals surface area contributed by atoms with Gasteiger partial charge in [-0.15, -0.1) is 0 Å². The van der Waals surface area contributed by atoms with Crippen LogP contribution in [-0.4, -0.2) is 32.9 Å². The van der Waals surface area contributed by atoms with Crippen LogP contribution in [0.15, 0.2) is 48.5 Å². The summed E-state index contributed by atoms with van der Waals surface area (Å²) in [5.74, 6) is 0.734. The fourth-order valence-corrected chi connectivity index (χ4v) is 4.58. The lowest BCUT2D eigenvalue weighted by molar-refractivity contribution is 0.336. The van der Waals surface area contributed by atoms with E-state index in [0.29, 0.717) is 19.5 Å². The van der Waals surface area contributed by atoms with Gasteiger partial charge in [-0.1, -0.05) is 43.3 Å². The van der Waals surface area contributed by atoms with Crippen molar-refractivity contribution >= 4 is 10.2 Å². The summed E-state index contributed by atoms with van der Waals surface area (Å²) in [6, 6.07) is 15.3. The molecule has 0 radical (unpaired) electrons. The molecule has 128 valence electrons. The van der Waals surface area contributed by atoms with Crippen LogP contribution in [-0.2, 0) is 16.6 Å². The average molecular weight is 346 g/mol. The van der Waals surface area contributed by atoms with Crippen molar-refractivity contribution in [3.63, 3.8) is 0 Å². The molecule has 0 amide bonds. The normalized spacial score (nSPS) is 18.2. The second-order valence-corrected chi connectivity index (χ2v) is 7.45. The lowest BCUT2D eigenvalue weighted by atomic mass is 9.89. The second-order valence-electron chi connectivity index (χ2n) is 5.74. The summed E-state index contributed by atoms with van der Waals surface area (Å²) >= 11 is 0. The molecule has 1 N–H and O–H groups in total. The molecule has 3 rings (SSSR count). The third kappa shape index (κ3) is 3.17. The molecule has 0 fully saturated rings. The summed E-state index contributed by atoms with van der Waals surface area (Å²) in [6.07, 6.45) is 0.688. The predicted octanol–water partition coefficient (Wildman–Crippen LogP) is 2.50. The number of rotatable bonds is 5. The first-order chi connectivity index (χ1) is 11.6. The molecule has 0 saturated heterocycles. The Kier molecular flexibility index (Phi) is 4.89. The molecule has 6 heteroatoms. The number of fused-ring (bicyclic) bond motifs is 1. The van der Waals surface area contributed by atoms with Crippen LogP contribution in [0.2, 0.25) is 0 Å². The number of hydrogen-bond donors (Lipinski definition) is 1. The largest absolute Gasteiger partial charge is 0.497 e. The average Bonchev–Trinajstić information content (AvgIpc) is 2.60. The molecule has 0 saturated carbocycles. The maximum absolute atomic E-state index is 12.7. The van der Waals surface area contributed by atoms with Crippen molar-refractivity contribution in [2.45, 2.75) is 19.4 Å². The number of hydrogen-bond acceptors (Lipinski definition) is 3. The van der Waals surface area contributed by atoms with E-state index in [1.807, 2.05) is 48.5 Å². The van der Waals surface area contributed by atoms with Crippen molar-refractivity contribution in [2.75, 3.05) is 20.2 Å². The maximum atomic E-state index is 12.7. The molecule has 1 aliphatic rings. The van der Waals surface area contributed by atoms with Crippen LogP contribution in [0.25, 0.3) is 0 Å². The summed E-state index contributed by atoms with van der Waals surface area (Å²) in [5.41, 5.74) is 3.09. The fourth-order valence-electron chi connectivity index (χ4n) is 3.20. The van der Waals surface area contributed by atoms with Gasteiger partial charge in [-0.05, 0) is 35.2 Å². The van der Waals surface area contributed by atoms with E-state index in [2.05, 4.69) is 4.72 Å². The van der Waals surface area contributed by atoms with Crippen LogP contribution in [0.4, 0.5) is 0 Å². The summed E-state index contributed by atoms with van der Waals surface area (Å²) in [6.45, 7) is 2.61. The van der Waals surface area contributed by atoms with Crippen LogP contribution in [0.3, 0.4) is 0 Å². The molecule has 1 unspecified atom stereocenters. The van der Waals surface area contributed by atoms with E-state index in [9.17, 15) is 8.42 Å². The number of nitrogens with zero attached hydrogens (tertiary/aromatic N) is 1. The Bertz CT molecular complexity index is 806. The second kappa shape index (κ2) is 6.93. The van der Waals surface area contributed by atoms with Crippen LogP contribution in [0.5, 0.6) is 5.75 Å². The molecule has 1 atom stereocenters. The van der Waals surface area contributed by atoms with Crippen LogP contribution in [0.1, 0.15) is 29.7 Å². The molecule has 0 bridgehead atoms. The zero-order chi connectivity index (χ0) is 17.2. The number of benzene rings is 2. The molecule has 1 heterocycles. The monoisotopic (exact) mass is 346 g/mol. The Balaban J connectivity index is 2.15. The van der Waals surface area contributed by atoms with E-state index in [-0.39, 0.29) is 6.04 Å². The first-order valence-corrected chi connectivity index (χ1v) is 9.49. The summed E-state index contributed by atoms with van der Waals surface area (Å²) < 4.78 is 35.0. The van der Waals surface area contributed by atoms with Gasteiger partial charge >= 0.3 is 0 Å². The Morgan fingerprint density at radius 3 is 2.62 bits per heavy atom. The van der Waals surface area contributed by atoms with Crippen molar-refractivity contribution in [3.8, 4) is 5.75 Å². The Hall–Kier alpha value is -1.89. The Labute approximate surface area is 143 Å². The van der Waals surface area contributed by atoms with Gasteiger partial charge < -0.3 is 4.74 Å². The van der Waals surface area contributed by atoms with Crippen molar-refractivity contribution in [1.29, 1.82) is 0 Å². The first kappa shape index (κ1) is 17.0. The van der Waals surface area contributed by atoms with Crippen molar-refractivity contribution in [3.05, 3.63) is 65.2 Å².